The summed E-state index contributed by atoms with van der Waals surface area (Å²) in [4.78, 5) is 14.2. The van der Waals surface area contributed by atoms with Crippen molar-refractivity contribution in [1.29, 1.82) is 0 Å². The summed E-state index contributed by atoms with van der Waals surface area (Å²) in [6.45, 7) is 0.384. The van der Waals surface area contributed by atoms with Gasteiger partial charge in [0.2, 0.25) is 0 Å². The first-order valence-electron chi connectivity index (χ1n) is 6.77. The van der Waals surface area contributed by atoms with Crippen molar-refractivity contribution in [3.8, 4) is 0 Å². The summed E-state index contributed by atoms with van der Waals surface area (Å²) in [6.07, 6.45) is 3.52. The quantitative estimate of drug-likeness (QED) is 0.871. The van der Waals surface area contributed by atoms with Crippen molar-refractivity contribution in [2.24, 2.45) is 0 Å². The Balaban J connectivity index is 1.84. The zero-order valence-electron chi connectivity index (χ0n) is 11.6. The Labute approximate surface area is 132 Å². The van der Waals surface area contributed by atoms with Gasteiger partial charge in [-0.2, -0.15) is 5.10 Å². The van der Waals surface area contributed by atoms with E-state index in [-0.39, 0.29) is 15.6 Å². The van der Waals surface area contributed by atoms with E-state index in [2.05, 4.69) is 34.3 Å². The molecule has 1 atom stereocenters. The maximum Gasteiger partial charge on any atom is 0.288 e. The Kier molecular flexibility index (Phi) is 4.02. The fourth-order valence-corrected chi connectivity index (χ4v) is 3.12. The summed E-state index contributed by atoms with van der Waals surface area (Å²) in [5.74, 6) is 0. The van der Waals surface area contributed by atoms with Crippen LogP contribution in [-0.2, 0) is 13.1 Å². The molecular formula is C15H15Cl2N3O. The average Bonchev–Trinajstić information content (AvgIpc) is 2.92. The van der Waals surface area contributed by atoms with Gasteiger partial charge in [-0.25, -0.2) is 4.68 Å². The van der Waals surface area contributed by atoms with Crippen molar-refractivity contribution >= 4 is 23.2 Å². The minimum absolute atomic E-state index is 0.0203. The van der Waals surface area contributed by atoms with Crippen molar-refractivity contribution in [3.05, 3.63) is 62.0 Å². The number of hydrogen-bond donors (Lipinski definition) is 0. The fourth-order valence-electron chi connectivity index (χ4n) is 2.85. The highest BCUT2D eigenvalue weighted by atomic mass is 35.5. The topological polar surface area (TPSA) is 38.1 Å². The van der Waals surface area contributed by atoms with Gasteiger partial charge in [0.05, 0.1) is 17.9 Å². The van der Waals surface area contributed by atoms with Crippen LogP contribution in [-0.4, -0.2) is 21.7 Å². The average molecular weight is 324 g/mol. The highest BCUT2D eigenvalue weighted by Gasteiger charge is 2.25. The minimum atomic E-state index is -0.359. The number of hydrogen-bond acceptors (Lipinski definition) is 3. The molecule has 2 aromatic rings. The van der Waals surface area contributed by atoms with Gasteiger partial charge in [-0.3, -0.25) is 9.69 Å². The molecule has 1 aromatic carbocycles. The number of fused-ring (bicyclic) bond motifs is 1. The molecule has 4 nitrogen and oxygen atoms in total. The molecule has 0 amide bonds. The second-order valence-electron chi connectivity index (χ2n) is 5.26. The SMILES string of the molecule is CN(Cn1ncc(Cl)c(Cl)c1=O)[C@H]1CCc2ccccc21. The van der Waals surface area contributed by atoms with Gasteiger partial charge in [-0.05, 0) is 31.0 Å². The first-order valence-corrected chi connectivity index (χ1v) is 7.52. The van der Waals surface area contributed by atoms with Crippen LogP contribution in [0.5, 0.6) is 0 Å². The van der Waals surface area contributed by atoms with Crippen LogP contribution in [0.25, 0.3) is 0 Å². The third-order valence-electron chi connectivity index (χ3n) is 3.93. The largest absolute Gasteiger partial charge is 0.288 e. The standard InChI is InChI=1S/C15H15Cl2N3O/c1-19(9-20-15(21)14(17)12(16)8-18-20)13-7-6-10-4-2-3-5-11(10)13/h2-5,8,13H,6-7,9H2,1H3/t13-/m0/s1. The minimum Gasteiger partial charge on any atom is -0.280 e. The van der Waals surface area contributed by atoms with Gasteiger partial charge in [0.15, 0.2) is 0 Å². The molecule has 0 unspecified atom stereocenters. The molecule has 110 valence electrons. The van der Waals surface area contributed by atoms with Crippen LogP contribution in [0.3, 0.4) is 0 Å². The summed E-state index contributed by atoms with van der Waals surface area (Å²) >= 11 is 11.7. The van der Waals surface area contributed by atoms with E-state index < -0.39 is 0 Å². The number of rotatable bonds is 3. The molecule has 0 saturated carbocycles. The van der Waals surface area contributed by atoms with Gasteiger partial charge in [-0.15, -0.1) is 0 Å². The van der Waals surface area contributed by atoms with Crippen LogP contribution in [0, 0.1) is 0 Å². The van der Waals surface area contributed by atoms with Crippen LogP contribution >= 0.6 is 23.2 Å². The Morgan fingerprint density at radius 1 is 1.38 bits per heavy atom. The van der Waals surface area contributed by atoms with E-state index in [9.17, 15) is 4.79 Å². The maximum absolute atomic E-state index is 12.0. The van der Waals surface area contributed by atoms with E-state index in [4.69, 9.17) is 23.2 Å². The highest BCUT2D eigenvalue weighted by Crippen LogP contribution is 2.34. The summed E-state index contributed by atoms with van der Waals surface area (Å²) < 4.78 is 1.34. The van der Waals surface area contributed by atoms with Crippen molar-refractivity contribution in [1.82, 2.24) is 14.7 Å². The molecule has 3 rings (SSSR count). The molecule has 1 aliphatic rings. The second-order valence-corrected chi connectivity index (χ2v) is 6.05. The predicted octanol–water partition coefficient (Wildman–Crippen LogP) is 3.13. The molecule has 0 bridgehead atoms. The maximum atomic E-state index is 12.0. The molecular weight excluding hydrogens is 309 g/mol. The summed E-state index contributed by atoms with van der Waals surface area (Å²) in [5.41, 5.74) is 2.35. The summed E-state index contributed by atoms with van der Waals surface area (Å²) in [7, 11) is 1.99. The van der Waals surface area contributed by atoms with Crippen molar-refractivity contribution in [2.45, 2.75) is 25.6 Å². The van der Waals surface area contributed by atoms with Crippen LogP contribution in [0.1, 0.15) is 23.6 Å². The summed E-state index contributed by atoms with van der Waals surface area (Å²) in [5, 5.41) is 4.26. The van der Waals surface area contributed by atoms with E-state index >= 15 is 0 Å². The Morgan fingerprint density at radius 2 is 2.14 bits per heavy atom. The van der Waals surface area contributed by atoms with Gasteiger partial charge < -0.3 is 0 Å². The molecule has 1 heterocycles. The van der Waals surface area contributed by atoms with Crippen LogP contribution < -0.4 is 5.56 Å². The zero-order chi connectivity index (χ0) is 15.0. The highest BCUT2D eigenvalue weighted by molar-refractivity contribution is 6.41. The molecule has 0 radical (unpaired) electrons. The van der Waals surface area contributed by atoms with Crippen LogP contribution in [0.2, 0.25) is 10.0 Å². The first-order chi connectivity index (χ1) is 10.1. The fraction of sp³-hybridized carbons (Fsp3) is 0.333. The molecule has 1 aromatic heterocycles. The van der Waals surface area contributed by atoms with Gasteiger partial charge in [-0.1, -0.05) is 47.5 Å². The Hall–Kier alpha value is -1.36. The lowest BCUT2D eigenvalue weighted by atomic mass is 10.1. The van der Waals surface area contributed by atoms with Gasteiger partial charge >= 0.3 is 0 Å². The number of halogens is 2. The third-order valence-corrected chi connectivity index (χ3v) is 4.68. The van der Waals surface area contributed by atoms with E-state index in [1.165, 1.54) is 22.0 Å². The van der Waals surface area contributed by atoms with Gasteiger partial charge in [0.25, 0.3) is 5.56 Å². The molecule has 0 aliphatic heterocycles. The number of aromatic nitrogens is 2. The lowest BCUT2D eigenvalue weighted by Crippen LogP contribution is -2.33. The van der Waals surface area contributed by atoms with E-state index in [0.717, 1.165) is 12.8 Å². The first kappa shape index (κ1) is 14.6. The van der Waals surface area contributed by atoms with E-state index in [0.29, 0.717) is 12.7 Å². The number of benzene rings is 1. The third kappa shape index (κ3) is 2.71. The number of nitrogens with zero attached hydrogens (tertiary/aromatic N) is 3. The van der Waals surface area contributed by atoms with Crippen LogP contribution in [0.4, 0.5) is 0 Å². The van der Waals surface area contributed by atoms with Crippen molar-refractivity contribution in [2.75, 3.05) is 7.05 Å². The van der Waals surface area contributed by atoms with Crippen LogP contribution in [0.15, 0.2) is 35.3 Å². The predicted molar refractivity (Wildman–Crippen MR) is 83.8 cm³/mol. The van der Waals surface area contributed by atoms with Crippen molar-refractivity contribution in [3.63, 3.8) is 0 Å². The smallest absolute Gasteiger partial charge is 0.280 e. The van der Waals surface area contributed by atoms with E-state index in [1.54, 1.807) is 0 Å². The Morgan fingerprint density at radius 3 is 2.95 bits per heavy atom. The van der Waals surface area contributed by atoms with Gasteiger partial charge in [0.1, 0.15) is 5.02 Å². The monoisotopic (exact) mass is 323 g/mol. The zero-order valence-corrected chi connectivity index (χ0v) is 13.1. The molecule has 0 N–H and O–H groups in total. The normalized spacial score (nSPS) is 17.2. The number of aryl methyl sites for hydroxylation is 1. The molecule has 0 fully saturated rings. The molecule has 1 aliphatic carbocycles. The molecule has 6 heteroatoms. The summed E-state index contributed by atoms with van der Waals surface area (Å²) in [6, 6.07) is 8.71. The van der Waals surface area contributed by atoms with Gasteiger partial charge in [0, 0.05) is 6.04 Å². The molecule has 21 heavy (non-hydrogen) atoms. The second kappa shape index (κ2) is 5.79. The Bertz CT molecular complexity index is 729. The van der Waals surface area contributed by atoms with Crippen molar-refractivity contribution < 1.29 is 0 Å². The molecule has 0 spiro atoms. The lowest BCUT2D eigenvalue weighted by Gasteiger charge is -2.25. The van der Waals surface area contributed by atoms with E-state index in [1.807, 2.05) is 7.05 Å². The molecule has 0 saturated heterocycles. The lowest BCUT2D eigenvalue weighted by molar-refractivity contribution is 0.179.